The number of nitrogens with one attached hydrogen (secondary N) is 1. The van der Waals surface area contributed by atoms with Crippen LogP contribution in [0.15, 0.2) is 71.7 Å². The largest absolute Gasteiger partial charge is 0.322 e. The minimum absolute atomic E-state index is 0.0628. The zero-order valence-corrected chi connectivity index (χ0v) is 13.7. The van der Waals surface area contributed by atoms with Gasteiger partial charge in [0.1, 0.15) is 11.4 Å². The van der Waals surface area contributed by atoms with Gasteiger partial charge in [0.05, 0.1) is 6.54 Å². The number of para-hydroxylation sites is 1. The first kappa shape index (κ1) is 16.6. The Bertz CT molecular complexity index is 962. The normalized spacial score (nSPS) is 10.5. The summed E-state index contributed by atoms with van der Waals surface area (Å²) >= 11 is 0. The lowest BCUT2D eigenvalue weighted by Gasteiger charge is -2.10. The highest BCUT2D eigenvalue weighted by Crippen LogP contribution is 2.14. The predicted octanol–water partition coefficient (Wildman–Crippen LogP) is 3.60. The first-order valence-corrected chi connectivity index (χ1v) is 7.85. The van der Waals surface area contributed by atoms with Gasteiger partial charge in [-0.2, -0.15) is 0 Å². The van der Waals surface area contributed by atoms with E-state index in [1.165, 1.54) is 22.8 Å². The van der Waals surface area contributed by atoms with Crippen LogP contribution in [0.3, 0.4) is 0 Å². The van der Waals surface area contributed by atoms with Crippen molar-refractivity contribution in [3.8, 4) is 0 Å². The fourth-order valence-electron chi connectivity index (χ4n) is 2.52. The molecule has 25 heavy (non-hydrogen) atoms. The van der Waals surface area contributed by atoms with Crippen LogP contribution < -0.4 is 10.9 Å². The molecule has 0 aliphatic rings. The zero-order valence-electron chi connectivity index (χ0n) is 13.7. The molecule has 0 spiro atoms. The molecule has 3 rings (SSSR count). The van der Waals surface area contributed by atoms with Gasteiger partial charge in [-0.25, -0.2) is 4.39 Å². The van der Waals surface area contributed by atoms with E-state index in [9.17, 15) is 14.0 Å². The molecule has 1 amide bonds. The van der Waals surface area contributed by atoms with E-state index in [0.717, 1.165) is 11.1 Å². The third kappa shape index (κ3) is 3.83. The summed E-state index contributed by atoms with van der Waals surface area (Å²) in [5, 5.41) is 2.76. The Kier molecular flexibility index (Phi) is 4.75. The topological polar surface area (TPSA) is 51.1 Å². The first-order valence-electron chi connectivity index (χ1n) is 7.85. The number of pyridine rings is 1. The van der Waals surface area contributed by atoms with E-state index < -0.39 is 11.5 Å². The Hall–Kier alpha value is -3.21. The maximum absolute atomic E-state index is 13.0. The number of aryl methyl sites for hydroxylation is 1. The van der Waals surface area contributed by atoms with Gasteiger partial charge in [-0.3, -0.25) is 9.59 Å². The van der Waals surface area contributed by atoms with Crippen molar-refractivity contribution in [3.05, 3.63) is 99.7 Å². The molecule has 0 fully saturated rings. The first-order chi connectivity index (χ1) is 12.0. The van der Waals surface area contributed by atoms with Crippen molar-refractivity contribution in [1.82, 2.24) is 4.57 Å². The molecule has 1 N–H and O–H groups in total. The maximum Gasteiger partial charge on any atom is 0.263 e. The van der Waals surface area contributed by atoms with Crippen LogP contribution in [0.2, 0.25) is 0 Å². The van der Waals surface area contributed by atoms with Crippen LogP contribution in [0, 0.1) is 12.7 Å². The Morgan fingerprint density at radius 3 is 2.48 bits per heavy atom. The number of rotatable bonds is 4. The van der Waals surface area contributed by atoms with E-state index in [0.29, 0.717) is 5.69 Å². The number of hydrogen-bond acceptors (Lipinski definition) is 2. The number of aromatic nitrogens is 1. The summed E-state index contributed by atoms with van der Waals surface area (Å²) in [6.07, 6.45) is 1.61. The summed E-state index contributed by atoms with van der Waals surface area (Å²) < 4.78 is 14.4. The molecule has 5 heteroatoms. The number of carbonyl (C=O) groups excluding carboxylic acids is 1. The van der Waals surface area contributed by atoms with Crippen LogP contribution >= 0.6 is 0 Å². The van der Waals surface area contributed by atoms with Gasteiger partial charge < -0.3 is 9.88 Å². The zero-order chi connectivity index (χ0) is 17.8. The second kappa shape index (κ2) is 7.13. The fourth-order valence-corrected chi connectivity index (χ4v) is 2.52. The Labute approximate surface area is 144 Å². The number of anilines is 1. The van der Waals surface area contributed by atoms with Crippen LogP contribution in [-0.4, -0.2) is 10.5 Å². The van der Waals surface area contributed by atoms with Gasteiger partial charge in [-0.1, -0.05) is 30.3 Å². The second-order valence-electron chi connectivity index (χ2n) is 5.75. The molecule has 0 atom stereocenters. The maximum atomic E-state index is 13.0. The van der Waals surface area contributed by atoms with Crippen molar-refractivity contribution in [3.63, 3.8) is 0 Å². The highest BCUT2D eigenvalue weighted by atomic mass is 19.1. The Balaban J connectivity index is 1.85. The van der Waals surface area contributed by atoms with Gasteiger partial charge in [-0.05, 0) is 48.4 Å². The average molecular weight is 336 g/mol. The van der Waals surface area contributed by atoms with Crippen molar-refractivity contribution in [2.45, 2.75) is 13.5 Å². The van der Waals surface area contributed by atoms with E-state index in [2.05, 4.69) is 5.32 Å². The van der Waals surface area contributed by atoms with E-state index in [1.807, 2.05) is 25.1 Å². The van der Waals surface area contributed by atoms with Gasteiger partial charge in [0.25, 0.3) is 11.5 Å². The van der Waals surface area contributed by atoms with Crippen molar-refractivity contribution >= 4 is 11.6 Å². The number of benzene rings is 2. The molecule has 0 unspecified atom stereocenters. The van der Waals surface area contributed by atoms with Crippen LogP contribution in [0.25, 0.3) is 0 Å². The predicted molar refractivity (Wildman–Crippen MR) is 95.3 cm³/mol. The van der Waals surface area contributed by atoms with Crippen molar-refractivity contribution in [2.75, 3.05) is 5.32 Å². The van der Waals surface area contributed by atoms with Crippen LogP contribution in [-0.2, 0) is 6.54 Å². The Morgan fingerprint density at radius 2 is 1.76 bits per heavy atom. The summed E-state index contributed by atoms with van der Waals surface area (Å²) in [4.78, 5) is 25.0. The molecule has 1 heterocycles. The molecule has 0 aliphatic heterocycles. The number of hydrogen-bond donors (Lipinski definition) is 1. The van der Waals surface area contributed by atoms with Gasteiger partial charge in [0.2, 0.25) is 0 Å². The summed E-state index contributed by atoms with van der Waals surface area (Å²) in [7, 11) is 0. The monoisotopic (exact) mass is 336 g/mol. The molecule has 0 bridgehead atoms. The Morgan fingerprint density at radius 1 is 1.04 bits per heavy atom. The van der Waals surface area contributed by atoms with Crippen LogP contribution in [0.1, 0.15) is 21.5 Å². The van der Waals surface area contributed by atoms with E-state index >= 15 is 0 Å². The molecule has 1 aromatic heterocycles. The molecule has 126 valence electrons. The highest BCUT2D eigenvalue weighted by molar-refractivity contribution is 6.04. The summed E-state index contributed by atoms with van der Waals surface area (Å²) in [5.41, 5.74) is 2.03. The molecule has 0 saturated heterocycles. The van der Waals surface area contributed by atoms with Gasteiger partial charge >= 0.3 is 0 Å². The van der Waals surface area contributed by atoms with Crippen molar-refractivity contribution in [2.24, 2.45) is 0 Å². The quantitative estimate of drug-likeness (QED) is 0.791. The van der Waals surface area contributed by atoms with Gasteiger partial charge in [0.15, 0.2) is 0 Å². The van der Waals surface area contributed by atoms with Gasteiger partial charge in [0, 0.05) is 11.9 Å². The molecule has 3 aromatic rings. The minimum Gasteiger partial charge on any atom is -0.322 e. The molecule has 0 saturated carbocycles. The smallest absolute Gasteiger partial charge is 0.263 e. The van der Waals surface area contributed by atoms with E-state index in [4.69, 9.17) is 0 Å². The lowest BCUT2D eigenvalue weighted by atomic mass is 10.2. The third-order valence-corrected chi connectivity index (χ3v) is 3.92. The average Bonchev–Trinajstić information content (AvgIpc) is 2.60. The lowest BCUT2D eigenvalue weighted by Crippen LogP contribution is -2.29. The molecule has 0 aliphatic carbocycles. The van der Waals surface area contributed by atoms with Crippen LogP contribution in [0.4, 0.5) is 10.1 Å². The minimum atomic E-state index is -0.451. The summed E-state index contributed by atoms with van der Waals surface area (Å²) in [6, 6.07) is 16.4. The van der Waals surface area contributed by atoms with E-state index in [-0.39, 0.29) is 17.9 Å². The second-order valence-corrected chi connectivity index (χ2v) is 5.75. The highest BCUT2D eigenvalue weighted by Gasteiger charge is 2.13. The SMILES string of the molecule is Cc1ccccc1NC(=O)c1cccn(Cc2ccc(F)cc2)c1=O. The van der Waals surface area contributed by atoms with E-state index in [1.54, 1.807) is 30.5 Å². The number of carbonyl (C=O) groups is 1. The molecule has 2 aromatic carbocycles. The number of halogens is 1. The fraction of sp³-hybridized carbons (Fsp3) is 0.100. The molecule has 4 nitrogen and oxygen atoms in total. The molecular formula is C20H17FN2O2. The van der Waals surface area contributed by atoms with Crippen LogP contribution in [0.5, 0.6) is 0 Å². The summed E-state index contributed by atoms with van der Waals surface area (Å²) in [6.45, 7) is 2.15. The third-order valence-electron chi connectivity index (χ3n) is 3.92. The molecule has 0 radical (unpaired) electrons. The van der Waals surface area contributed by atoms with Crippen molar-refractivity contribution in [1.29, 1.82) is 0 Å². The number of amides is 1. The van der Waals surface area contributed by atoms with Gasteiger partial charge in [-0.15, -0.1) is 0 Å². The number of nitrogens with zero attached hydrogens (tertiary/aromatic N) is 1. The van der Waals surface area contributed by atoms with Crippen molar-refractivity contribution < 1.29 is 9.18 Å². The molecular weight excluding hydrogens is 319 g/mol. The lowest BCUT2D eigenvalue weighted by molar-refractivity contribution is 0.102. The standard InChI is InChI=1S/C20H17FN2O2/c1-14-5-2-3-7-18(14)22-19(24)17-6-4-12-23(20(17)25)13-15-8-10-16(21)11-9-15/h2-12H,13H2,1H3,(H,22,24). The summed E-state index contributed by atoms with van der Waals surface area (Å²) in [5.74, 6) is -0.782.